The molecule has 0 spiro atoms. The van der Waals surface area contributed by atoms with Gasteiger partial charge in [0.05, 0.1) is 0 Å². The number of hydrogen-bond donors (Lipinski definition) is 1. The molecule has 0 bridgehead atoms. The van der Waals surface area contributed by atoms with Crippen LogP contribution in [0.15, 0.2) is 0 Å². The number of hydrogen-bond acceptors (Lipinski definition) is 3. The first kappa shape index (κ1) is 15.3. The maximum absolute atomic E-state index is 5.93. The maximum atomic E-state index is 5.93. The van der Waals surface area contributed by atoms with Gasteiger partial charge in [0.25, 0.3) is 0 Å². The van der Waals surface area contributed by atoms with E-state index in [2.05, 4.69) is 39.0 Å². The lowest BCUT2D eigenvalue weighted by molar-refractivity contribution is 0.0914. The first-order valence-electron chi connectivity index (χ1n) is 5.97. The van der Waals surface area contributed by atoms with Crippen molar-refractivity contribution in [3.05, 3.63) is 0 Å². The molecule has 0 aromatic rings. The van der Waals surface area contributed by atoms with Crippen molar-refractivity contribution in [3.8, 4) is 0 Å². The Morgan fingerprint density at radius 1 is 1.40 bits per heavy atom. The first-order valence-corrected chi connectivity index (χ1v) is 7.37. The van der Waals surface area contributed by atoms with E-state index < -0.39 is 0 Å². The highest BCUT2D eigenvalue weighted by Crippen LogP contribution is 2.23. The third-order valence-electron chi connectivity index (χ3n) is 3.46. The molecule has 15 heavy (non-hydrogen) atoms. The molecule has 0 rings (SSSR count). The Kier molecular flexibility index (Phi) is 7.66. The van der Waals surface area contributed by atoms with Gasteiger partial charge < -0.3 is 5.73 Å². The lowest BCUT2D eigenvalue weighted by atomic mass is 9.92. The summed E-state index contributed by atoms with van der Waals surface area (Å²) < 4.78 is 0. The van der Waals surface area contributed by atoms with Crippen LogP contribution in [0.1, 0.15) is 40.0 Å². The average Bonchev–Trinajstić information content (AvgIpc) is 2.25. The van der Waals surface area contributed by atoms with Crippen molar-refractivity contribution in [2.75, 3.05) is 25.6 Å². The summed E-state index contributed by atoms with van der Waals surface area (Å²) in [6, 6.07) is 0.653. The third-order valence-corrected chi connectivity index (χ3v) is 4.18. The van der Waals surface area contributed by atoms with Crippen LogP contribution in [0.4, 0.5) is 0 Å². The van der Waals surface area contributed by atoms with Crippen molar-refractivity contribution in [3.63, 3.8) is 0 Å². The van der Waals surface area contributed by atoms with Crippen molar-refractivity contribution >= 4 is 11.8 Å². The van der Waals surface area contributed by atoms with Gasteiger partial charge in [0.15, 0.2) is 0 Å². The monoisotopic (exact) mass is 232 g/mol. The number of thioether (sulfide) groups is 1. The van der Waals surface area contributed by atoms with Gasteiger partial charge in [0.1, 0.15) is 0 Å². The fraction of sp³-hybridized carbons (Fsp3) is 1.00. The van der Waals surface area contributed by atoms with E-state index in [-0.39, 0.29) is 5.54 Å². The molecule has 0 radical (unpaired) electrons. The summed E-state index contributed by atoms with van der Waals surface area (Å²) in [5.41, 5.74) is 6.11. The van der Waals surface area contributed by atoms with Crippen molar-refractivity contribution in [2.24, 2.45) is 5.73 Å². The molecule has 0 aromatic carbocycles. The minimum Gasteiger partial charge on any atom is -0.329 e. The van der Waals surface area contributed by atoms with E-state index in [0.29, 0.717) is 6.04 Å². The fourth-order valence-electron chi connectivity index (χ4n) is 2.10. The lowest BCUT2D eigenvalue weighted by Gasteiger charge is -2.42. The predicted molar refractivity (Wildman–Crippen MR) is 72.6 cm³/mol. The summed E-state index contributed by atoms with van der Waals surface area (Å²) >= 11 is 1.92. The van der Waals surface area contributed by atoms with Crippen molar-refractivity contribution in [2.45, 2.75) is 51.6 Å². The molecule has 0 amide bonds. The Hall–Kier alpha value is 0.270. The smallest absolute Gasteiger partial charge is 0.0303 e. The molecule has 2 unspecified atom stereocenters. The van der Waals surface area contributed by atoms with E-state index in [1.807, 2.05) is 11.8 Å². The highest BCUT2D eigenvalue weighted by Gasteiger charge is 2.30. The second-order valence-corrected chi connectivity index (χ2v) is 5.49. The van der Waals surface area contributed by atoms with Crippen LogP contribution in [0.2, 0.25) is 0 Å². The van der Waals surface area contributed by atoms with Crippen LogP contribution in [0.3, 0.4) is 0 Å². The Labute approximate surface area is 100.0 Å². The summed E-state index contributed by atoms with van der Waals surface area (Å²) in [5, 5.41) is 0. The Bertz CT molecular complexity index is 164. The van der Waals surface area contributed by atoms with Gasteiger partial charge in [-0.3, -0.25) is 4.90 Å². The van der Waals surface area contributed by atoms with E-state index in [1.165, 1.54) is 25.0 Å². The number of nitrogens with zero attached hydrogens (tertiary/aromatic N) is 1. The van der Waals surface area contributed by atoms with Crippen LogP contribution in [0.25, 0.3) is 0 Å². The normalized spacial score (nSPS) is 17.8. The van der Waals surface area contributed by atoms with Crippen LogP contribution in [0, 0.1) is 0 Å². The molecule has 0 aromatic heterocycles. The van der Waals surface area contributed by atoms with Crippen LogP contribution in [0.5, 0.6) is 0 Å². The highest BCUT2D eigenvalue weighted by atomic mass is 32.2. The third kappa shape index (κ3) is 4.33. The molecule has 2 N–H and O–H groups in total. The molecule has 0 aliphatic carbocycles. The second kappa shape index (κ2) is 7.53. The quantitative estimate of drug-likeness (QED) is 0.697. The zero-order chi connectivity index (χ0) is 11.9. The number of rotatable bonds is 8. The van der Waals surface area contributed by atoms with E-state index in [1.54, 1.807) is 0 Å². The van der Waals surface area contributed by atoms with Crippen LogP contribution in [-0.4, -0.2) is 42.1 Å². The molecule has 0 saturated carbocycles. The Balaban J connectivity index is 4.51. The highest BCUT2D eigenvalue weighted by molar-refractivity contribution is 7.98. The van der Waals surface area contributed by atoms with E-state index in [9.17, 15) is 0 Å². The van der Waals surface area contributed by atoms with Crippen molar-refractivity contribution < 1.29 is 0 Å². The predicted octanol–water partition coefficient (Wildman–Crippen LogP) is 2.58. The molecule has 0 heterocycles. The SMILES string of the molecule is CCCC(C)(CN)N(C)C(CC)CSC. The van der Waals surface area contributed by atoms with Gasteiger partial charge in [-0.05, 0) is 33.1 Å². The zero-order valence-electron chi connectivity index (χ0n) is 11.0. The summed E-state index contributed by atoms with van der Waals surface area (Å²) in [7, 11) is 2.23. The van der Waals surface area contributed by atoms with E-state index >= 15 is 0 Å². The Morgan fingerprint density at radius 3 is 2.33 bits per heavy atom. The van der Waals surface area contributed by atoms with Gasteiger partial charge in [0.2, 0.25) is 0 Å². The molecule has 0 saturated heterocycles. The molecular formula is C12H28N2S. The molecule has 0 fully saturated rings. The molecular weight excluding hydrogens is 204 g/mol. The van der Waals surface area contributed by atoms with Crippen molar-refractivity contribution in [1.82, 2.24) is 4.90 Å². The summed E-state index contributed by atoms with van der Waals surface area (Å²) in [6.45, 7) is 7.54. The van der Waals surface area contributed by atoms with Gasteiger partial charge >= 0.3 is 0 Å². The summed E-state index contributed by atoms with van der Waals surface area (Å²) in [6.07, 6.45) is 5.77. The minimum atomic E-state index is 0.172. The molecule has 2 nitrogen and oxygen atoms in total. The largest absolute Gasteiger partial charge is 0.329 e. The Morgan fingerprint density at radius 2 is 2.00 bits per heavy atom. The number of likely N-dealkylation sites (N-methyl/N-ethyl adjacent to an activating group) is 1. The van der Waals surface area contributed by atoms with Gasteiger partial charge in [-0.2, -0.15) is 11.8 Å². The number of nitrogens with two attached hydrogens (primary N) is 1. The maximum Gasteiger partial charge on any atom is 0.0303 e. The lowest BCUT2D eigenvalue weighted by Crippen LogP contribution is -2.54. The van der Waals surface area contributed by atoms with Crippen molar-refractivity contribution in [1.29, 1.82) is 0 Å². The summed E-state index contributed by atoms with van der Waals surface area (Å²) in [4.78, 5) is 2.49. The van der Waals surface area contributed by atoms with Gasteiger partial charge in [0, 0.05) is 23.9 Å². The standard InChI is InChI=1S/C12H28N2S/c1-6-8-12(3,10-13)14(4)11(7-2)9-15-5/h11H,6-10,13H2,1-5H3. The molecule has 3 heteroatoms. The molecule has 2 atom stereocenters. The van der Waals surface area contributed by atoms with Crippen LogP contribution in [-0.2, 0) is 0 Å². The minimum absolute atomic E-state index is 0.172. The van der Waals surface area contributed by atoms with E-state index in [0.717, 1.165) is 6.54 Å². The van der Waals surface area contributed by atoms with Gasteiger partial charge in [-0.1, -0.05) is 20.3 Å². The molecule has 0 aliphatic heterocycles. The first-order chi connectivity index (χ1) is 7.05. The van der Waals surface area contributed by atoms with E-state index in [4.69, 9.17) is 5.73 Å². The van der Waals surface area contributed by atoms with Crippen LogP contribution >= 0.6 is 11.8 Å². The topological polar surface area (TPSA) is 29.3 Å². The fourth-order valence-corrected chi connectivity index (χ4v) is 2.94. The van der Waals surface area contributed by atoms with Crippen LogP contribution < -0.4 is 5.73 Å². The zero-order valence-corrected chi connectivity index (χ0v) is 11.9. The van der Waals surface area contributed by atoms with Gasteiger partial charge in [-0.25, -0.2) is 0 Å². The molecule has 0 aliphatic rings. The molecule has 92 valence electrons. The average molecular weight is 232 g/mol. The summed E-state index contributed by atoms with van der Waals surface area (Å²) in [5.74, 6) is 1.20. The second-order valence-electron chi connectivity index (χ2n) is 4.58. The van der Waals surface area contributed by atoms with Gasteiger partial charge in [-0.15, -0.1) is 0 Å².